The molecule has 0 spiro atoms. The zero-order valence-corrected chi connectivity index (χ0v) is 26.5. The van der Waals surface area contributed by atoms with Gasteiger partial charge in [0, 0.05) is 43.7 Å². The van der Waals surface area contributed by atoms with Crippen LogP contribution in [-0.2, 0) is 15.7 Å². The van der Waals surface area contributed by atoms with Crippen LogP contribution < -0.4 is 25.4 Å². The van der Waals surface area contributed by atoms with Gasteiger partial charge < -0.3 is 34.9 Å². The number of hydrogen-bond donors (Lipinski definition) is 2. The van der Waals surface area contributed by atoms with Crippen LogP contribution in [0.5, 0.6) is 11.9 Å². The van der Waals surface area contributed by atoms with Gasteiger partial charge in [-0.05, 0) is 38.3 Å². The van der Waals surface area contributed by atoms with Crippen molar-refractivity contribution >= 4 is 22.4 Å². The number of anilines is 2. The average Bonchev–Trinajstić information content (AvgIpc) is 3.36. The van der Waals surface area contributed by atoms with E-state index in [4.69, 9.17) is 29.7 Å². The van der Waals surface area contributed by atoms with E-state index in [9.17, 15) is 17.6 Å². The van der Waals surface area contributed by atoms with Crippen molar-refractivity contribution in [3.8, 4) is 23.1 Å². The Hall–Kier alpha value is -3.60. The Morgan fingerprint density at radius 3 is 2.56 bits per heavy atom. The molecule has 0 amide bonds. The first-order chi connectivity index (χ1) is 22.9. The Bertz CT molecular complexity index is 1770. The molecule has 2 aromatic heterocycles. The first kappa shape index (κ1) is 31.7. The van der Waals surface area contributed by atoms with Crippen molar-refractivity contribution in [3.63, 3.8) is 0 Å². The molecule has 3 aromatic rings. The molecule has 0 unspecified atom stereocenters. The zero-order chi connectivity index (χ0) is 33.5. The first-order valence-electron chi connectivity index (χ1n) is 16.3. The van der Waals surface area contributed by atoms with Crippen molar-refractivity contribution in [2.24, 2.45) is 0 Å². The predicted octanol–water partition coefficient (Wildman–Crippen LogP) is 3.84. The third kappa shape index (κ3) is 5.01. The number of morpholine rings is 1. The smallest absolute Gasteiger partial charge is 0.417 e. The van der Waals surface area contributed by atoms with Crippen LogP contribution in [0.2, 0.25) is 0 Å². The molecule has 11 nitrogen and oxygen atoms in total. The van der Waals surface area contributed by atoms with Gasteiger partial charge in [-0.2, -0.15) is 23.1 Å². The highest BCUT2D eigenvalue weighted by Gasteiger charge is 2.48. The SMILES string of the molecule is Cc1c(F)c(N)cc(-c2nc3c4c(nc(OCCC5(N6CCOCC6)COC5)nc4c2F)N2C[C@H]4CC[C@H](N4)[C@H]2[C@H](C)O3)c1C(F)(F)F. The number of ether oxygens (including phenoxy) is 4. The minimum absolute atomic E-state index is 0.0372. The maximum absolute atomic E-state index is 16.8. The van der Waals surface area contributed by atoms with Crippen molar-refractivity contribution in [2.75, 3.05) is 63.3 Å². The molecule has 16 heteroatoms. The summed E-state index contributed by atoms with van der Waals surface area (Å²) < 4.78 is 98.3. The van der Waals surface area contributed by atoms with E-state index in [0.29, 0.717) is 45.2 Å². The fourth-order valence-corrected chi connectivity index (χ4v) is 8.10. The normalized spacial score (nSPS) is 26.5. The molecule has 5 aliphatic rings. The molecule has 3 N–H and O–H groups in total. The summed E-state index contributed by atoms with van der Waals surface area (Å²) in [5.74, 6) is -2.16. The van der Waals surface area contributed by atoms with Crippen molar-refractivity contribution in [1.29, 1.82) is 0 Å². The minimum Gasteiger partial charge on any atom is -0.472 e. The molecule has 7 heterocycles. The summed E-state index contributed by atoms with van der Waals surface area (Å²) >= 11 is 0. The van der Waals surface area contributed by atoms with Crippen molar-refractivity contribution in [3.05, 3.63) is 28.8 Å². The Labute approximate surface area is 272 Å². The number of nitrogens with zero attached hydrogens (tertiary/aromatic N) is 5. The van der Waals surface area contributed by atoms with E-state index in [1.54, 1.807) is 0 Å². The number of hydrogen-bond acceptors (Lipinski definition) is 11. The van der Waals surface area contributed by atoms with Gasteiger partial charge in [0.1, 0.15) is 34.3 Å². The number of piperazine rings is 1. The van der Waals surface area contributed by atoms with Gasteiger partial charge in [0.25, 0.3) is 0 Å². The summed E-state index contributed by atoms with van der Waals surface area (Å²) in [5, 5.41) is 3.75. The van der Waals surface area contributed by atoms with E-state index in [-0.39, 0.29) is 53.1 Å². The van der Waals surface area contributed by atoms with E-state index in [1.807, 2.05) is 6.92 Å². The fraction of sp³-hybridized carbons (Fsp3) is 0.594. The molecule has 8 rings (SSSR count). The number of alkyl halides is 3. The van der Waals surface area contributed by atoms with Crippen LogP contribution in [0, 0.1) is 18.6 Å². The second-order valence-electron chi connectivity index (χ2n) is 13.4. The lowest BCUT2D eigenvalue weighted by Crippen LogP contribution is -2.65. The molecular formula is C32H36F5N7O4. The summed E-state index contributed by atoms with van der Waals surface area (Å²) in [5.41, 5.74) is 1.10. The third-order valence-electron chi connectivity index (χ3n) is 10.5. The van der Waals surface area contributed by atoms with Gasteiger partial charge in [-0.15, -0.1) is 0 Å². The van der Waals surface area contributed by atoms with Crippen molar-refractivity contribution in [2.45, 2.75) is 69.1 Å². The second kappa shape index (κ2) is 11.5. The van der Waals surface area contributed by atoms with Crippen LogP contribution in [-0.4, -0.2) is 102 Å². The third-order valence-corrected chi connectivity index (χ3v) is 10.5. The molecule has 4 atom stereocenters. The lowest BCUT2D eigenvalue weighted by molar-refractivity contribution is -0.166. The van der Waals surface area contributed by atoms with E-state index in [0.717, 1.165) is 38.9 Å². The van der Waals surface area contributed by atoms with Crippen LogP contribution >= 0.6 is 0 Å². The summed E-state index contributed by atoms with van der Waals surface area (Å²) in [6.45, 7) is 7.39. The molecule has 0 saturated carbocycles. The summed E-state index contributed by atoms with van der Waals surface area (Å²) in [4.78, 5) is 18.0. The maximum atomic E-state index is 16.8. The quantitative estimate of drug-likeness (QED) is 0.293. The van der Waals surface area contributed by atoms with Crippen molar-refractivity contribution < 1.29 is 40.9 Å². The highest BCUT2D eigenvalue weighted by molar-refractivity contribution is 5.97. The molecule has 2 bridgehead atoms. The van der Waals surface area contributed by atoms with E-state index in [2.05, 4.69) is 25.1 Å². The molecular weight excluding hydrogens is 641 g/mol. The van der Waals surface area contributed by atoms with E-state index >= 15 is 4.39 Å². The zero-order valence-electron chi connectivity index (χ0n) is 26.5. The highest BCUT2D eigenvalue weighted by Crippen LogP contribution is 2.47. The lowest BCUT2D eigenvalue weighted by Gasteiger charge is -2.50. The Morgan fingerprint density at radius 1 is 1.08 bits per heavy atom. The van der Waals surface area contributed by atoms with Crippen molar-refractivity contribution in [1.82, 2.24) is 25.2 Å². The number of nitrogens with one attached hydrogen (secondary N) is 1. The van der Waals surface area contributed by atoms with Gasteiger partial charge in [0.15, 0.2) is 5.82 Å². The van der Waals surface area contributed by atoms with Crippen LogP contribution in [0.3, 0.4) is 0 Å². The van der Waals surface area contributed by atoms with Gasteiger partial charge in [0.2, 0.25) is 5.88 Å². The van der Waals surface area contributed by atoms with Gasteiger partial charge in [-0.3, -0.25) is 4.90 Å². The molecule has 0 aliphatic carbocycles. The van der Waals surface area contributed by atoms with E-state index in [1.165, 1.54) is 0 Å². The summed E-state index contributed by atoms with van der Waals surface area (Å²) in [6, 6.07) is 0.601. The number of halogens is 5. The first-order valence-corrected chi connectivity index (χ1v) is 16.3. The van der Waals surface area contributed by atoms with Crippen LogP contribution in [0.1, 0.15) is 37.3 Å². The standard InChI is InChI=1S/C32H36F5N7O4/c1-15-22(32(35,36)37)18(11-19(38)23(15)33)25-24(34)26-21-28(44-12-17-3-4-20(39-17)27(44)16(2)48-29(21)40-25)42-30(41-26)47-8-5-31(13-46-14-31)43-6-9-45-10-7-43/h11,16-17,20,27,39H,3-10,12-14,38H2,1-2H3/t16-,17+,20-,27+/m0/s1. The number of pyridine rings is 1. The maximum Gasteiger partial charge on any atom is 0.417 e. The van der Waals surface area contributed by atoms with Crippen LogP contribution in [0.4, 0.5) is 33.5 Å². The van der Waals surface area contributed by atoms with Gasteiger partial charge in [-0.1, -0.05) is 0 Å². The average molecular weight is 678 g/mol. The molecule has 258 valence electrons. The van der Waals surface area contributed by atoms with Gasteiger partial charge in [-0.25, -0.2) is 13.8 Å². The number of fused-ring (bicyclic) bond motifs is 5. The predicted molar refractivity (Wildman–Crippen MR) is 164 cm³/mol. The fourth-order valence-electron chi connectivity index (χ4n) is 8.10. The van der Waals surface area contributed by atoms with Crippen LogP contribution in [0.15, 0.2) is 6.07 Å². The van der Waals surface area contributed by atoms with E-state index < -0.39 is 52.0 Å². The number of nitrogen functional groups attached to an aromatic ring is 1. The van der Waals surface area contributed by atoms with Crippen LogP contribution in [0.25, 0.3) is 22.2 Å². The number of aromatic nitrogens is 3. The molecule has 0 radical (unpaired) electrons. The monoisotopic (exact) mass is 677 g/mol. The molecule has 4 fully saturated rings. The van der Waals surface area contributed by atoms with Gasteiger partial charge in [0.05, 0.1) is 55.9 Å². The second-order valence-corrected chi connectivity index (χ2v) is 13.4. The lowest BCUT2D eigenvalue weighted by atomic mass is 9.90. The molecule has 1 aromatic carbocycles. The molecule has 4 saturated heterocycles. The van der Waals surface area contributed by atoms with Gasteiger partial charge >= 0.3 is 12.2 Å². The number of benzene rings is 1. The highest BCUT2D eigenvalue weighted by atomic mass is 19.4. The number of rotatable bonds is 6. The Balaban J connectivity index is 1.26. The molecule has 5 aliphatic heterocycles. The Kier molecular flexibility index (Phi) is 7.58. The topological polar surface area (TPSA) is 120 Å². The Morgan fingerprint density at radius 2 is 1.85 bits per heavy atom. The largest absolute Gasteiger partial charge is 0.472 e. The summed E-state index contributed by atoms with van der Waals surface area (Å²) in [6.07, 6.45) is -3.14. The molecule has 48 heavy (non-hydrogen) atoms. The summed E-state index contributed by atoms with van der Waals surface area (Å²) in [7, 11) is 0. The minimum atomic E-state index is -5.04. The number of nitrogens with two attached hydrogens (primary N) is 1.